The Morgan fingerprint density at radius 3 is 2.00 bits per heavy atom. The van der Waals surface area contributed by atoms with Crippen molar-refractivity contribution in [1.82, 2.24) is 0 Å². The van der Waals surface area contributed by atoms with Crippen molar-refractivity contribution < 1.29 is 25.2 Å². The van der Waals surface area contributed by atoms with E-state index >= 15 is 0 Å². The van der Waals surface area contributed by atoms with Crippen molar-refractivity contribution in [3.63, 3.8) is 0 Å². The van der Waals surface area contributed by atoms with Crippen molar-refractivity contribution >= 4 is 12.2 Å². The number of aliphatic hydroxyl groups is 1. The van der Waals surface area contributed by atoms with Crippen molar-refractivity contribution in [1.29, 1.82) is 0 Å². The van der Waals surface area contributed by atoms with Gasteiger partial charge in [0.2, 0.25) is 0 Å². The van der Waals surface area contributed by atoms with Crippen molar-refractivity contribution in [2.75, 3.05) is 7.11 Å². The molecule has 0 aromatic heterocycles. The van der Waals surface area contributed by atoms with E-state index < -0.39 is 17.2 Å². The Hall–Kier alpha value is -2.66. The summed E-state index contributed by atoms with van der Waals surface area (Å²) in [6.45, 7) is -0.0984. The summed E-state index contributed by atoms with van der Waals surface area (Å²) in [7, 11) is 1.54. The highest BCUT2D eigenvalue weighted by atomic mass is 16.5. The first-order chi connectivity index (χ1) is 10.0. The highest BCUT2D eigenvalue weighted by molar-refractivity contribution is 5.73. The summed E-state index contributed by atoms with van der Waals surface area (Å²) < 4.78 is 5.15. The van der Waals surface area contributed by atoms with E-state index in [-0.39, 0.29) is 6.61 Å². The van der Waals surface area contributed by atoms with Crippen LogP contribution in [-0.2, 0) is 6.61 Å². The first-order valence-corrected chi connectivity index (χ1v) is 6.25. The second-order valence-corrected chi connectivity index (χ2v) is 4.51. The molecule has 2 aromatic rings. The number of benzene rings is 2. The summed E-state index contributed by atoms with van der Waals surface area (Å²) in [5.74, 6) is -0.707. The van der Waals surface area contributed by atoms with Crippen molar-refractivity contribution in [3.05, 3.63) is 47.0 Å². The SMILES string of the molecule is COc1cc(C=Cc2cc(O)c(O)c(O)c2)cc(CO)c1. The molecule has 0 aliphatic carbocycles. The Labute approximate surface area is 122 Å². The molecular weight excluding hydrogens is 272 g/mol. The van der Waals surface area contributed by atoms with Crippen LogP contribution in [-0.4, -0.2) is 27.5 Å². The average molecular weight is 288 g/mol. The molecule has 0 aliphatic heterocycles. The van der Waals surface area contributed by atoms with Gasteiger partial charge >= 0.3 is 0 Å². The molecule has 0 radical (unpaired) electrons. The van der Waals surface area contributed by atoms with Crippen LogP contribution in [0.3, 0.4) is 0 Å². The third-order valence-corrected chi connectivity index (χ3v) is 2.97. The zero-order valence-corrected chi connectivity index (χ0v) is 11.4. The number of phenols is 3. The molecule has 0 heterocycles. The van der Waals surface area contributed by atoms with Gasteiger partial charge in [0.15, 0.2) is 17.2 Å². The van der Waals surface area contributed by atoms with E-state index in [2.05, 4.69) is 0 Å². The summed E-state index contributed by atoms with van der Waals surface area (Å²) in [6.07, 6.45) is 3.40. The topological polar surface area (TPSA) is 90.2 Å². The number of hydrogen-bond donors (Lipinski definition) is 4. The maximum Gasteiger partial charge on any atom is 0.200 e. The summed E-state index contributed by atoms with van der Waals surface area (Å²) in [4.78, 5) is 0. The molecule has 0 fully saturated rings. The summed E-state index contributed by atoms with van der Waals surface area (Å²) >= 11 is 0. The zero-order valence-electron chi connectivity index (χ0n) is 11.4. The fourth-order valence-electron chi connectivity index (χ4n) is 1.91. The molecule has 21 heavy (non-hydrogen) atoms. The molecule has 2 aromatic carbocycles. The van der Waals surface area contributed by atoms with Gasteiger partial charge in [0.05, 0.1) is 13.7 Å². The fourth-order valence-corrected chi connectivity index (χ4v) is 1.91. The lowest BCUT2D eigenvalue weighted by Crippen LogP contribution is -1.89. The first-order valence-electron chi connectivity index (χ1n) is 6.25. The third kappa shape index (κ3) is 3.46. The highest BCUT2D eigenvalue weighted by Gasteiger charge is 2.06. The minimum atomic E-state index is -0.545. The normalized spacial score (nSPS) is 11.0. The zero-order chi connectivity index (χ0) is 15.4. The molecule has 5 heteroatoms. The summed E-state index contributed by atoms with van der Waals surface area (Å²) in [6, 6.07) is 7.97. The quantitative estimate of drug-likeness (QED) is 0.512. The van der Waals surface area contributed by atoms with Crippen LogP contribution in [0.25, 0.3) is 12.2 Å². The molecule has 0 bridgehead atoms. The summed E-state index contributed by atoms with van der Waals surface area (Å²) in [5, 5.41) is 37.4. The predicted molar refractivity (Wildman–Crippen MR) is 79.3 cm³/mol. The van der Waals surface area contributed by atoms with Gasteiger partial charge in [-0.1, -0.05) is 12.2 Å². The molecule has 2 rings (SSSR count). The van der Waals surface area contributed by atoms with Gasteiger partial charge in [0.1, 0.15) is 5.75 Å². The second kappa shape index (κ2) is 6.19. The van der Waals surface area contributed by atoms with E-state index in [4.69, 9.17) is 4.74 Å². The molecule has 0 saturated heterocycles. The number of ether oxygens (including phenoxy) is 1. The van der Waals surface area contributed by atoms with Gasteiger partial charge in [-0.05, 0) is 47.0 Å². The predicted octanol–water partition coefficient (Wildman–Crippen LogP) is 2.47. The van der Waals surface area contributed by atoms with E-state index in [0.29, 0.717) is 16.9 Å². The number of rotatable bonds is 4. The maximum absolute atomic E-state index is 9.45. The van der Waals surface area contributed by atoms with Crippen molar-refractivity contribution in [2.24, 2.45) is 0 Å². The lowest BCUT2D eigenvalue weighted by atomic mass is 10.1. The number of hydrogen-bond acceptors (Lipinski definition) is 5. The summed E-state index contributed by atoms with van der Waals surface area (Å²) in [5.41, 5.74) is 2.03. The van der Waals surface area contributed by atoms with Crippen LogP contribution in [0.2, 0.25) is 0 Å². The van der Waals surface area contributed by atoms with E-state index in [9.17, 15) is 20.4 Å². The molecule has 0 atom stereocenters. The molecular formula is C16H16O5. The van der Waals surface area contributed by atoms with E-state index in [1.54, 1.807) is 37.5 Å². The van der Waals surface area contributed by atoms with Crippen LogP contribution in [0.1, 0.15) is 16.7 Å². The van der Waals surface area contributed by atoms with Crippen LogP contribution in [0.15, 0.2) is 30.3 Å². The molecule has 0 unspecified atom stereocenters. The molecule has 4 N–H and O–H groups in total. The van der Waals surface area contributed by atoms with Crippen LogP contribution < -0.4 is 4.74 Å². The smallest absolute Gasteiger partial charge is 0.200 e. The lowest BCUT2D eigenvalue weighted by Gasteiger charge is -2.05. The minimum absolute atomic E-state index is 0.0984. The Morgan fingerprint density at radius 2 is 1.48 bits per heavy atom. The average Bonchev–Trinajstić information content (AvgIpc) is 2.49. The molecule has 0 saturated carbocycles. The molecule has 0 aliphatic rings. The Kier molecular flexibility index (Phi) is 4.35. The van der Waals surface area contributed by atoms with Crippen LogP contribution >= 0.6 is 0 Å². The van der Waals surface area contributed by atoms with Crippen molar-refractivity contribution in [2.45, 2.75) is 6.61 Å². The highest BCUT2D eigenvalue weighted by Crippen LogP contribution is 2.35. The molecule has 0 amide bonds. The minimum Gasteiger partial charge on any atom is -0.504 e. The van der Waals surface area contributed by atoms with Crippen molar-refractivity contribution in [3.8, 4) is 23.0 Å². The standard InChI is InChI=1S/C16H16O5/c1-21-13-5-10(4-12(6-13)9-17)2-3-11-7-14(18)16(20)15(19)8-11/h2-8,17-20H,9H2,1H3. The largest absolute Gasteiger partial charge is 0.504 e. The molecule has 0 spiro atoms. The van der Waals surface area contributed by atoms with Gasteiger partial charge in [-0.25, -0.2) is 0 Å². The number of phenolic OH excluding ortho intramolecular Hbond substituents is 3. The van der Waals surface area contributed by atoms with Gasteiger partial charge in [0.25, 0.3) is 0 Å². The second-order valence-electron chi connectivity index (χ2n) is 4.51. The van der Waals surface area contributed by atoms with Gasteiger partial charge in [-0.3, -0.25) is 0 Å². The number of aromatic hydroxyl groups is 3. The Morgan fingerprint density at radius 1 is 0.905 bits per heavy atom. The number of methoxy groups -OCH3 is 1. The van der Waals surface area contributed by atoms with Crippen LogP contribution in [0, 0.1) is 0 Å². The Bertz CT molecular complexity index is 631. The fraction of sp³-hybridized carbons (Fsp3) is 0.125. The van der Waals surface area contributed by atoms with Gasteiger partial charge in [-0.2, -0.15) is 0 Å². The monoisotopic (exact) mass is 288 g/mol. The Balaban J connectivity index is 2.33. The number of aliphatic hydroxyl groups excluding tert-OH is 1. The van der Waals surface area contributed by atoms with E-state index in [0.717, 1.165) is 5.56 Å². The van der Waals surface area contributed by atoms with E-state index in [1.807, 2.05) is 0 Å². The van der Waals surface area contributed by atoms with Crippen LogP contribution in [0.4, 0.5) is 0 Å². The maximum atomic E-state index is 9.45. The third-order valence-electron chi connectivity index (χ3n) is 2.97. The van der Waals surface area contributed by atoms with Gasteiger partial charge in [-0.15, -0.1) is 0 Å². The van der Waals surface area contributed by atoms with Gasteiger partial charge in [0, 0.05) is 0 Å². The molecule has 110 valence electrons. The van der Waals surface area contributed by atoms with E-state index in [1.165, 1.54) is 12.1 Å². The molecule has 5 nitrogen and oxygen atoms in total. The first kappa shape index (κ1) is 14.7. The van der Waals surface area contributed by atoms with Gasteiger partial charge < -0.3 is 25.2 Å². The lowest BCUT2D eigenvalue weighted by molar-refractivity contribution is 0.281. The van der Waals surface area contributed by atoms with Crippen LogP contribution in [0.5, 0.6) is 23.0 Å².